The Bertz CT molecular complexity index is 617. The highest BCUT2D eigenvalue weighted by molar-refractivity contribution is 7.09. The molecule has 0 amide bonds. The van der Waals surface area contributed by atoms with E-state index in [1.54, 1.807) is 23.5 Å². The lowest BCUT2D eigenvalue weighted by Crippen LogP contribution is -2.25. The van der Waals surface area contributed by atoms with E-state index in [4.69, 9.17) is 5.11 Å². The van der Waals surface area contributed by atoms with Gasteiger partial charge in [-0.25, -0.2) is 4.79 Å². The third kappa shape index (κ3) is 2.70. The molecule has 104 valence electrons. The summed E-state index contributed by atoms with van der Waals surface area (Å²) in [5, 5.41) is 11.2. The van der Waals surface area contributed by atoms with E-state index in [9.17, 15) is 4.79 Å². The van der Waals surface area contributed by atoms with Crippen LogP contribution in [0.2, 0.25) is 0 Å². The number of nitrogens with zero attached hydrogens (tertiary/aromatic N) is 1. The third-order valence-electron chi connectivity index (χ3n) is 3.65. The zero-order valence-corrected chi connectivity index (χ0v) is 12.2. The molecular formula is C16H17NO2S. The molecule has 1 aromatic heterocycles. The molecule has 0 atom stereocenters. The number of thiophene rings is 1. The van der Waals surface area contributed by atoms with E-state index in [1.807, 2.05) is 13.0 Å². The second-order valence-electron chi connectivity index (χ2n) is 5.24. The lowest BCUT2D eigenvalue weighted by atomic mass is 10.1. The van der Waals surface area contributed by atoms with Crippen LogP contribution in [-0.4, -0.2) is 17.1 Å². The first-order valence-corrected chi connectivity index (χ1v) is 7.66. The van der Waals surface area contributed by atoms with Crippen LogP contribution in [0.15, 0.2) is 35.7 Å². The van der Waals surface area contributed by atoms with Gasteiger partial charge in [0, 0.05) is 16.6 Å². The van der Waals surface area contributed by atoms with Crippen molar-refractivity contribution in [1.29, 1.82) is 0 Å². The van der Waals surface area contributed by atoms with Crippen molar-refractivity contribution in [2.45, 2.75) is 32.4 Å². The summed E-state index contributed by atoms with van der Waals surface area (Å²) in [7, 11) is 0. The number of hydrogen-bond acceptors (Lipinski definition) is 3. The maximum absolute atomic E-state index is 11.0. The SMILES string of the molecule is Cc1cc(C(=O)O)ccc1N(Cc1cccs1)C1CC1. The molecule has 4 heteroatoms. The summed E-state index contributed by atoms with van der Waals surface area (Å²) in [5.74, 6) is -0.865. The number of carbonyl (C=O) groups is 1. The van der Waals surface area contributed by atoms with Gasteiger partial charge in [-0.3, -0.25) is 0 Å². The molecule has 1 N–H and O–H groups in total. The fourth-order valence-electron chi connectivity index (χ4n) is 2.48. The van der Waals surface area contributed by atoms with Gasteiger partial charge < -0.3 is 10.0 Å². The largest absolute Gasteiger partial charge is 0.478 e. The van der Waals surface area contributed by atoms with Crippen LogP contribution in [0.4, 0.5) is 5.69 Å². The third-order valence-corrected chi connectivity index (χ3v) is 4.51. The Morgan fingerprint density at radius 3 is 2.75 bits per heavy atom. The number of hydrogen-bond donors (Lipinski definition) is 1. The highest BCUT2D eigenvalue weighted by Crippen LogP contribution is 2.35. The van der Waals surface area contributed by atoms with Gasteiger partial charge in [0.05, 0.1) is 12.1 Å². The Balaban J connectivity index is 1.89. The summed E-state index contributed by atoms with van der Waals surface area (Å²) < 4.78 is 0. The van der Waals surface area contributed by atoms with Gasteiger partial charge in [-0.05, 0) is 55.0 Å². The smallest absolute Gasteiger partial charge is 0.335 e. The van der Waals surface area contributed by atoms with Gasteiger partial charge in [0.1, 0.15) is 0 Å². The summed E-state index contributed by atoms with van der Waals surface area (Å²) in [5.41, 5.74) is 2.55. The van der Waals surface area contributed by atoms with E-state index in [1.165, 1.54) is 17.7 Å². The highest BCUT2D eigenvalue weighted by atomic mass is 32.1. The first-order valence-electron chi connectivity index (χ1n) is 6.78. The average Bonchev–Trinajstić information content (AvgIpc) is 3.14. The Kier molecular flexibility index (Phi) is 3.49. The maximum Gasteiger partial charge on any atom is 0.335 e. The van der Waals surface area contributed by atoms with Crippen LogP contribution in [0.5, 0.6) is 0 Å². The second-order valence-corrected chi connectivity index (χ2v) is 6.28. The van der Waals surface area contributed by atoms with Crippen molar-refractivity contribution in [3.63, 3.8) is 0 Å². The van der Waals surface area contributed by atoms with Crippen LogP contribution in [-0.2, 0) is 6.54 Å². The average molecular weight is 287 g/mol. The number of aryl methyl sites for hydroxylation is 1. The van der Waals surface area contributed by atoms with Gasteiger partial charge in [0.15, 0.2) is 0 Å². The molecule has 0 unspecified atom stereocenters. The van der Waals surface area contributed by atoms with E-state index in [2.05, 4.69) is 22.4 Å². The number of anilines is 1. The van der Waals surface area contributed by atoms with Crippen molar-refractivity contribution in [2.24, 2.45) is 0 Å². The Labute approximate surface area is 122 Å². The lowest BCUT2D eigenvalue weighted by molar-refractivity contribution is 0.0697. The zero-order valence-electron chi connectivity index (χ0n) is 11.4. The minimum absolute atomic E-state index is 0.359. The molecule has 2 aromatic rings. The molecule has 0 aliphatic heterocycles. The first-order chi connectivity index (χ1) is 9.65. The minimum atomic E-state index is -0.865. The van der Waals surface area contributed by atoms with E-state index >= 15 is 0 Å². The van der Waals surface area contributed by atoms with Crippen molar-refractivity contribution in [3.05, 3.63) is 51.7 Å². The summed E-state index contributed by atoms with van der Waals surface area (Å²) >= 11 is 1.77. The standard InChI is InChI=1S/C16H17NO2S/c1-11-9-12(16(18)19)4-7-15(11)17(13-5-6-13)10-14-3-2-8-20-14/h2-4,7-9,13H,5-6,10H2,1H3,(H,18,19). The molecular weight excluding hydrogens is 270 g/mol. The summed E-state index contributed by atoms with van der Waals surface area (Å²) in [6, 6.07) is 10.2. The molecule has 1 aliphatic rings. The Hall–Kier alpha value is -1.81. The summed E-state index contributed by atoms with van der Waals surface area (Å²) in [6.07, 6.45) is 2.46. The molecule has 0 bridgehead atoms. The predicted octanol–water partition coefficient (Wildman–Crippen LogP) is 3.92. The maximum atomic E-state index is 11.0. The van der Waals surface area contributed by atoms with Gasteiger partial charge in [-0.1, -0.05) is 6.07 Å². The zero-order chi connectivity index (χ0) is 14.1. The molecule has 3 nitrogen and oxygen atoms in total. The fourth-order valence-corrected chi connectivity index (χ4v) is 3.18. The molecule has 1 fully saturated rings. The second kappa shape index (κ2) is 5.29. The number of aromatic carboxylic acids is 1. The molecule has 0 radical (unpaired) electrons. The topological polar surface area (TPSA) is 40.5 Å². The van der Waals surface area contributed by atoms with Crippen LogP contribution >= 0.6 is 11.3 Å². The molecule has 20 heavy (non-hydrogen) atoms. The predicted molar refractivity (Wildman–Crippen MR) is 81.7 cm³/mol. The lowest BCUT2D eigenvalue weighted by Gasteiger charge is -2.26. The number of rotatable bonds is 5. The molecule has 1 heterocycles. The van der Waals surface area contributed by atoms with Crippen LogP contribution < -0.4 is 4.90 Å². The first kappa shape index (κ1) is 13.2. The van der Waals surface area contributed by atoms with Crippen molar-refractivity contribution in [1.82, 2.24) is 0 Å². The van der Waals surface area contributed by atoms with Gasteiger partial charge in [0.25, 0.3) is 0 Å². The molecule has 1 saturated carbocycles. The van der Waals surface area contributed by atoms with Crippen molar-refractivity contribution < 1.29 is 9.90 Å². The van der Waals surface area contributed by atoms with Gasteiger partial charge in [-0.15, -0.1) is 11.3 Å². The highest BCUT2D eigenvalue weighted by Gasteiger charge is 2.30. The fraction of sp³-hybridized carbons (Fsp3) is 0.312. The molecule has 1 aliphatic carbocycles. The van der Waals surface area contributed by atoms with Crippen molar-refractivity contribution >= 4 is 23.0 Å². The van der Waals surface area contributed by atoms with Crippen LogP contribution in [0.25, 0.3) is 0 Å². The normalized spacial score (nSPS) is 14.2. The van der Waals surface area contributed by atoms with Crippen LogP contribution in [0, 0.1) is 6.92 Å². The Morgan fingerprint density at radius 2 is 2.20 bits per heavy atom. The van der Waals surface area contributed by atoms with Gasteiger partial charge in [-0.2, -0.15) is 0 Å². The van der Waals surface area contributed by atoms with E-state index < -0.39 is 5.97 Å². The van der Waals surface area contributed by atoms with Gasteiger partial charge >= 0.3 is 5.97 Å². The van der Waals surface area contributed by atoms with Gasteiger partial charge in [0.2, 0.25) is 0 Å². The Morgan fingerprint density at radius 1 is 1.40 bits per heavy atom. The summed E-state index contributed by atoms with van der Waals surface area (Å²) in [6.45, 7) is 2.90. The quantitative estimate of drug-likeness (QED) is 0.906. The monoisotopic (exact) mass is 287 g/mol. The number of carboxylic acids is 1. The van der Waals surface area contributed by atoms with Crippen LogP contribution in [0.3, 0.4) is 0 Å². The number of benzene rings is 1. The van der Waals surface area contributed by atoms with Crippen molar-refractivity contribution in [3.8, 4) is 0 Å². The molecule has 0 spiro atoms. The summed E-state index contributed by atoms with van der Waals surface area (Å²) in [4.78, 5) is 14.8. The molecule has 1 aromatic carbocycles. The molecule has 3 rings (SSSR count). The van der Waals surface area contributed by atoms with E-state index in [-0.39, 0.29) is 0 Å². The van der Waals surface area contributed by atoms with Crippen molar-refractivity contribution in [2.75, 3.05) is 4.90 Å². The van der Waals surface area contributed by atoms with Crippen LogP contribution in [0.1, 0.15) is 33.6 Å². The van der Waals surface area contributed by atoms with E-state index in [0.717, 1.165) is 17.8 Å². The van der Waals surface area contributed by atoms with E-state index in [0.29, 0.717) is 11.6 Å². The minimum Gasteiger partial charge on any atom is -0.478 e. The number of carboxylic acid groups (broad SMARTS) is 1. The molecule has 0 saturated heterocycles.